The maximum absolute atomic E-state index is 8.78. The van der Waals surface area contributed by atoms with Crippen LogP contribution < -0.4 is 5.73 Å². The monoisotopic (exact) mass is 218 g/mol. The predicted molar refractivity (Wildman–Crippen MR) is 66.1 cm³/mol. The van der Waals surface area contributed by atoms with Crippen LogP contribution in [0.5, 0.6) is 0 Å². The maximum atomic E-state index is 8.78. The lowest BCUT2D eigenvalue weighted by Crippen LogP contribution is -1.98. The Balaban J connectivity index is 2.30. The van der Waals surface area contributed by atoms with Crippen LogP contribution in [-0.2, 0) is 13.1 Å². The van der Waals surface area contributed by atoms with Gasteiger partial charge in [0.05, 0.1) is 0 Å². The first-order chi connectivity index (χ1) is 7.86. The molecule has 2 aromatic rings. The Morgan fingerprint density at radius 3 is 2.75 bits per heavy atom. The van der Waals surface area contributed by atoms with Crippen LogP contribution in [0.1, 0.15) is 18.4 Å². The maximum Gasteiger partial charge on any atom is 0.0483 e. The summed E-state index contributed by atoms with van der Waals surface area (Å²) in [5, 5.41) is 10.0. The number of rotatable bonds is 5. The SMILES string of the molecule is NCc1cn(CCCCO)c2ccccc12. The van der Waals surface area contributed by atoms with Crippen molar-refractivity contribution in [2.45, 2.75) is 25.9 Å². The number of hydrogen-bond acceptors (Lipinski definition) is 2. The number of aryl methyl sites for hydroxylation is 1. The van der Waals surface area contributed by atoms with Gasteiger partial charge >= 0.3 is 0 Å². The highest BCUT2D eigenvalue weighted by molar-refractivity contribution is 5.83. The van der Waals surface area contributed by atoms with E-state index in [1.807, 2.05) is 12.1 Å². The van der Waals surface area contributed by atoms with Crippen molar-refractivity contribution in [2.75, 3.05) is 6.61 Å². The highest BCUT2D eigenvalue weighted by atomic mass is 16.2. The van der Waals surface area contributed by atoms with Gasteiger partial charge in [-0.15, -0.1) is 0 Å². The largest absolute Gasteiger partial charge is 0.396 e. The molecule has 1 heterocycles. The molecule has 0 aliphatic heterocycles. The minimum absolute atomic E-state index is 0.267. The summed E-state index contributed by atoms with van der Waals surface area (Å²) in [5.41, 5.74) is 8.16. The lowest BCUT2D eigenvalue weighted by Gasteiger charge is -2.03. The van der Waals surface area contributed by atoms with Crippen molar-refractivity contribution in [3.8, 4) is 0 Å². The van der Waals surface area contributed by atoms with Crippen LogP contribution >= 0.6 is 0 Å². The summed E-state index contributed by atoms with van der Waals surface area (Å²) in [6.45, 7) is 1.79. The lowest BCUT2D eigenvalue weighted by atomic mass is 10.2. The number of para-hydroxylation sites is 1. The molecule has 0 amide bonds. The summed E-state index contributed by atoms with van der Waals surface area (Å²) in [4.78, 5) is 0. The smallest absolute Gasteiger partial charge is 0.0483 e. The molecule has 0 spiro atoms. The third-order valence-corrected chi connectivity index (χ3v) is 2.90. The number of aliphatic hydroxyl groups is 1. The molecule has 86 valence electrons. The lowest BCUT2D eigenvalue weighted by molar-refractivity contribution is 0.281. The zero-order chi connectivity index (χ0) is 11.4. The van der Waals surface area contributed by atoms with E-state index in [0.29, 0.717) is 6.54 Å². The van der Waals surface area contributed by atoms with Gasteiger partial charge in [0, 0.05) is 36.8 Å². The van der Waals surface area contributed by atoms with Gasteiger partial charge in [-0.25, -0.2) is 0 Å². The fraction of sp³-hybridized carbons (Fsp3) is 0.385. The minimum atomic E-state index is 0.267. The van der Waals surface area contributed by atoms with E-state index in [1.165, 1.54) is 16.5 Å². The Bertz CT molecular complexity index is 462. The number of benzene rings is 1. The van der Waals surface area contributed by atoms with E-state index in [1.54, 1.807) is 0 Å². The molecule has 0 fully saturated rings. The van der Waals surface area contributed by atoms with Gasteiger partial charge in [0.2, 0.25) is 0 Å². The van der Waals surface area contributed by atoms with Gasteiger partial charge in [0.1, 0.15) is 0 Å². The molecule has 3 nitrogen and oxygen atoms in total. The number of nitrogens with two attached hydrogens (primary N) is 1. The molecule has 1 aromatic carbocycles. The van der Waals surface area contributed by atoms with Gasteiger partial charge in [-0.3, -0.25) is 0 Å². The normalized spacial score (nSPS) is 11.1. The first-order valence-electron chi connectivity index (χ1n) is 5.74. The van der Waals surface area contributed by atoms with E-state index in [-0.39, 0.29) is 6.61 Å². The van der Waals surface area contributed by atoms with Gasteiger partial charge in [0.15, 0.2) is 0 Å². The fourth-order valence-corrected chi connectivity index (χ4v) is 2.06. The molecule has 3 heteroatoms. The first kappa shape index (κ1) is 11.2. The molecule has 0 aliphatic carbocycles. The molecule has 0 atom stereocenters. The Morgan fingerprint density at radius 2 is 2.00 bits per heavy atom. The molecule has 0 saturated heterocycles. The Kier molecular flexibility index (Phi) is 3.59. The summed E-state index contributed by atoms with van der Waals surface area (Å²) >= 11 is 0. The zero-order valence-electron chi connectivity index (χ0n) is 9.39. The highest BCUT2D eigenvalue weighted by Crippen LogP contribution is 2.21. The van der Waals surface area contributed by atoms with E-state index in [0.717, 1.165) is 19.4 Å². The first-order valence-corrected chi connectivity index (χ1v) is 5.74. The third kappa shape index (κ3) is 2.10. The Morgan fingerprint density at radius 1 is 1.19 bits per heavy atom. The molecule has 0 bridgehead atoms. The summed E-state index contributed by atoms with van der Waals surface area (Å²) in [7, 11) is 0. The molecule has 16 heavy (non-hydrogen) atoms. The Hall–Kier alpha value is -1.32. The summed E-state index contributed by atoms with van der Waals surface area (Å²) < 4.78 is 2.23. The van der Waals surface area contributed by atoms with Crippen molar-refractivity contribution in [1.82, 2.24) is 4.57 Å². The van der Waals surface area contributed by atoms with E-state index in [4.69, 9.17) is 10.8 Å². The van der Waals surface area contributed by atoms with E-state index < -0.39 is 0 Å². The van der Waals surface area contributed by atoms with E-state index in [9.17, 15) is 0 Å². The van der Waals surface area contributed by atoms with Crippen molar-refractivity contribution in [3.63, 3.8) is 0 Å². The summed E-state index contributed by atoms with van der Waals surface area (Å²) in [5.74, 6) is 0. The number of unbranched alkanes of at least 4 members (excludes halogenated alkanes) is 1. The second-order valence-corrected chi connectivity index (χ2v) is 4.00. The molecule has 0 aliphatic rings. The zero-order valence-corrected chi connectivity index (χ0v) is 9.39. The minimum Gasteiger partial charge on any atom is -0.396 e. The summed E-state index contributed by atoms with van der Waals surface area (Å²) in [6, 6.07) is 8.32. The standard InChI is InChI=1S/C13H18N2O/c14-9-11-10-15(7-3-4-8-16)13-6-2-1-5-12(11)13/h1-2,5-6,10,16H,3-4,7-9,14H2. The number of hydrogen-bond donors (Lipinski definition) is 2. The van der Waals surface area contributed by atoms with Gasteiger partial charge in [-0.05, 0) is 24.5 Å². The average Bonchev–Trinajstić information content (AvgIpc) is 2.68. The number of nitrogens with zero attached hydrogens (tertiary/aromatic N) is 1. The van der Waals surface area contributed by atoms with Gasteiger partial charge in [-0.2, -0.15) is 0 Å². The van der Waals surface area contributed by atoms with Crippen LogP contribution in [0.15, 0.2) is 30.5 Å². The number of fused-ring (bicyclic) bond motifs is 1. The van der Waals surface area contributed by atoms with Gasteiger partial charge in [0.25, 0.3) is 0 Å². The topological polar surface area (TPSA) is 51.2 Å². The third-order valence-electron chi connectivity index (χ3n) is 2.90. The molecule has 2 rings (SSSR count). The van der Waals surface area contributed by atoms with Crippen molar-refractivity contribution in [3.05, 3.63) is 36.0 Å². The molecule has 0 radical (unpaired) electrons. The van der Waals surface area contributed by atoms with Crippen molar-refractivity contribution >= 4 is 10.9 Å². The van der Waals surface area contributed by atoms with Gasteiger partial charge < -0.3 is 15.4 Å². The van der Waals surface area contributed by atoms with Crippen LogP contribution in [0.3, 0.4) is 0 Å². The molecule has 0 saturated carbocycles. The van der Waals surface area contributed by atoms with Crippen LogP contribution in [0.2, 0.25) is 0 Å². The summed E-state index contributed by atoms with van der Waals surface area (Å²) in [6.07, 6.45) is 3.98. The molecular weight excluding hydrogens is 200 g/mol. The van der Waals surface area contributed by atoms with Crippen LogP contribution in [0, 0.1) is 0 Å². The molecule has 3 N–H and O–H groups in total. The second kappa shape index (κ2) is 5.14. The average molecular weight is 218 g/mol. The predicted octanol–water partition coefficient (Wildman–Crippen LogP) is 1.87. The van der Waals surface area contributed by atoms with Crippen LogP contribution in [0.4, 0.5) is 0 Å². The second-order valence-electron chi connectivity index (χ2n) is 4.00. The van der Waals surface area contributed by atoms with Gasteiger partial charge in [-0.1, -0.05) is 18.2 Å². The van der Waals surface area contributed by atoms with E-state index >= 15 is 0 Å². The number of aliphatic hydroxyl groups excluding tert-OH is 1. The molecule has 0 unspecified atom stereocenters. The number of aromatic nitrogens is 1. The molecule has 1 aromatic heterocycles. The quantitative estimate of drug-likeness (QED) is 0.753. The van der Waals surface area contributed by atoms with Crippen molar-refractivity contribution < 1.29 is 5.11 Å². The van der Waals surface area contributed by atoms with E-state index in [2.05, 4.69) is 22.9 Å². The van der Waals surface area contributed by atoms with Crippen LogP contribution in [0.25, 0.3) is 10.9 Å². The highest BCUT2D eigenvalue weighted by Gasteiger charge is 2.05. The fourth-order valence-electron chi connectivity index (χ4n) is 2.06. The van der Waals surface area contributed by atoms with Crippen molar-refractivity contribution in [2.24, 2.45) is 5.73 Å². The Labute approximate surface area is 95.5 Å². The van der Waals surface area contributed by atoms with Crippen LogP contribution in [-0.4, -0.2) is 16.3 Å². The van der Waals surface area contributed by atoms with Crippen molar-refractivity contribution in [1.29, 1.82) is 0 Å². The molecular formula is C13H18N2O.